The molecule has 21 heavy (non-hydrogen) atoms. The van der Waals surface area contributed by atoms with Crippen LogP contribution in [0.3, 0.4) is 0 Å². The summed E-state index contributed by atoms with van der Waals surface area (Å²) in [6, 6.07) is 12.4. The molecular weight excluding hydrogens is 278 g/mol. The minimum Gasteiger partial charge on any atom is -0.389 e. The lowest BCUT2D eigenvalue weighted by atomic mass is 9.98. The average molecular weight is 299 g/mol. The first-order valence-electron chi connectivity index (χ1n) is 7.14. The van der Waals surface area contributed by atoms with Gasteiger partial charge in [0.1, 0.15) is 10.8 Å². The fraction of sp³-hybridized carbons (Fsp3) is 0.294. The molecule has 1 heterocycles. The summed E-state index contributed by atoms with van der Waals surface area (Å²) in [6.45, 7) is 5.06. The Labute approximate surface area is 131 Å². The van der Waals surface area contributed by atoms with Crippen LogP contribution in [0, 0.1) is 6.92 Å². The second kappa shape index (κ2) is 7.18. The monoisotopic (exact) mass is 299 g/mol. The number of aromatic nitrogens is 1. The Hall–Kier alpha value is -1.94. The van der Waals surface area contributed by atoms with E-state index in [-0.39, 0.29) is 0 Å². The minimum atomic E-state index is 0.388. The van der Waals surface area contributed by atoms with Crippen molar-refractivity contribution >= 4 is 23.0 Å². The number of hydrogen-bond acceptors (Lipinski definition) is 3. The zero-order chi connectivity index (χ0) is 15.2. The second-order valence-corrected chi connectivity index (χ2v) is 5.68. The van der Waals surface area contributed by atoms with Gasteiger partial charge in [-0.1, -0.05) is 49.5 Å². The van der Waals surface area contributed by atoms with Crippen molar-refractivity contribution in [2.24, 2.45) is 5.73 Å². The third-order valence-corrected chi connectivity index (χ3v) is 3.85. The van der Waals surface area contributed by atoms with E-state index in [4.69, 9.17) is 18.0 Å². The first-order valence-corrected chi connectivity index (χ1v) is 7.54. The Bertz CT molecular complexity index is 611. The highest BCUT2D eigenvalue weighted by atomic mass is 32.1. The van der Waals surface area contributed by atoms with E-state index in [2.05, 4.69) is 41.5 Å². The van der Waals surface area contributed by atoms with Crippen molar-refractivity contribution in [3.63, 3.8) is 0 Å². The van der Waals surface area contributed by atoms with Crippen LogP contribution in [0.2, 0.25) is 0 Å². The van der Waals surface area contributed by atoms with Crippen molar-refractivity contribution in [3.8, 4) is 0 Å². The summed E-state index contributed by atoms with van der Waals surface area (Å²) in [6.07, 6.45) is 2.80. The molecule has 3 nitrogen and oxygen atoms in total. The standard InChI is InChI=1S/C17H21N3S/c1-12(14-6-4-3-5-7-14)8-10-19-17-15(16(18)21)13(2)9-11-20-17/h3-7,9,11-12H,8,10H2,1-2H3,(H2,18,21)(H,19,20). The van der Waals surface area contributed by atoms with E-state index >= 15 is 0 Å². The molecule has 1 unspecified atom stereocenters. The van der Waals surface area contributed by atoms with Crippen LogP contribution in [-0.4, -0.2) is 16.5 Å². The first-order chi connectivity index (χ1) is 10.1. The molecule has 4 heteroatoms. The first kappa shape index (κ1) is 15.4. The van der Waals surface area contributed by atoms with Crippen molar-refractivity contribution in [2.45, 2.75) is 26.2 Å². The SMILES string of the molecule is Cc1ccnc(NCCC(C)c2ccccc2)c1C(N)=S. The van der Waals surface area contributed by atoms with Crippen molar-refractivity contribution in [3.05, 3.63) is 59.3 Å². The topological polar surface area (TPSA) is 50.9 Å². The summed E-state index contributed by atoms with van der Waals surface area (Å²) in [5.41, 5.74) is 9.04. The van der Waals surface area contributed by atoms with Gasteiger partial charge < -0.3 is 11.1 Å². The van der Waals surface area contributed by atoms with Gasteiger partial charge >= 0.3 is 0 Å². The van der Waals surface area contributed by atoms with Gasteiger partial charge in [0, 0.05) is 12.7 Å². The second-order valence-electron chi connectivity index (χ2n) is 5.24. The van der Waals surface area contributed by atoms with Crippen LogP contribution >= 0.6 is 12.2 Å². The Morgan fingerprint density at radius 3 is 2.67 bits per heavy atom. The number of benzene rings is 1. The Morgan fingerprint density at radius 2 is 2.00 bits per heavy atom. The fourth-order valence-electron chi connectivity index (χ4n) is 2.36. The van der Waals surface area contributed by atoms with Crippen LogP contribution in [0.15, 0.2) is 42.6 Å². The van der Waals surface area contributed by atoms with Crippen LogP contribution in [0.1, 0.15) is 36.0 Å². The van der Waals surface area contributed by atoms with E-state index < -0.39 is 0 Å². The molecule has 0 saturated heterocycles. The summed E-state index contributed by atoms with van der Waals surface area (Å²) in [4.78, 5) is 4.74. The lowest BCUT2D eigenvalue weighted by molar-refractivity contribution is 0.705. The molecule has 0 fully saturated rings. The van der Waals surface area contributed by atoms with E-state index in [1.54, 1.807) is 6.20 Å². The molecule has 0 aliphatic heterocycles. The smallest absolute Gasteiger partial charge is 0.136 e. The molecule has 0 aliphatic carbocycles. The van der Waals surface area contributed by atoms with Crippen molar-refractivity contribution < 1.29 is 0 Å². The zero-order valence-electron chi connectivity index (χ0n) is 12.5. The highest BCUT2D eigenvalue weighted by Crippen LogP contribution is 2.20. The predicted molar refractivity (Wildman–Crippen MR) is 92.8 cm³/mol. The summed E-state index contributed by atoms with van der Waals surface area (Å²) < 4.78 is 0. The quantitative estimate of drug-likeness (QED) is 0.800. The largest absolute Gasteiger partial charge is 0.389 e. The molecule has 2 rings (SSSR count). The molecular formula is C17H21N3S. The number of rotatable bonds is 6. The number of nitrogens with zero attached hydrogens (tertiary/aromatic N) is 1. The molecule has 0 aliphatic rings. The summed E-state index contributed by atoms with van der Waals surface area (Å²) in [5.74, 6) is 1.28. The van der Waals surface area contributed by atoms with Gasteiger partial charge in [0.25, 0.3) is 0 Å². The molecule has 2 aromatic rings. The van der Waals surface area contributed by atoms with Crippen LogP contribution < -0.4 is 11.1 Å². The lowest BCUT2D eigenvalue weighted by Gasteiger charge is -2.15. The van der Waals surface area contributed by atoms with Crippen molar-refractivity contribution in [2.75, 3.05) is 11.9 Å². The number of thiocarbonyl (C=S) groups is 1. The van der Waals surface area contributed by atoms with Gasteiger partial charge in [0.15, 0.2) is 0 Å². The van der Waals surface area contributed by atoms with Gasteiger partial charge in [-0.2, -0.15) is 0 Å². The van der Waals surface area contributed by atoms with E-state index in [0.717, 1.165) is 29.9 Å². The fourth-order valence-corrected chi connectivity index (χ4v) is 2.62. The molecule has 1 atom stereocenters. The number of aryl methyl sites for hydroxylation is 1. The molecule has 0 amide bonds. The highest BCUT2D eigenvalue weighted by Gasteiger charge is 2.10. The number of pyridine rings is 1. The van der Waals surface area contributed by atoms with E-state index in [1.807, 2.05) is 19.1 Å². The molecule has 0 bridgehead atoms. The number of hydrogen-bond donors (Lipinski definition) is 2. The minimum absolute atomic E-state index is 0.388. The van der Waals surface area contributed by atoms with Gasteiger partial charge in [-0.25, -0.2) is 4.98 Å². The maximum atomic E-state index is 5.79. The van der Waals surface area contributed by atoms with Crippen LogP contribution in [0.25, 0.3) is 0 Å². The van der Waals surface area contributed by atoms with Crippen molar-refractivity contribution in [1.29, 1.82) is 0 Å². The van der Waals surface area contributed by atoms with Crippen LogP contribution in [-0.2, 0) is 0 Å². The van der Waals surface area contributed by atoms with Crippen LogP contribution in [0.4, 0.5) is 5.82 Å². The Morgan fingerprint density at radius 1 is 1.29 bits per heavy atom. The van der Waals surface area contributed by atoms with Gasteiger partial charge in [-0.05, 0) is 36.5 Å². The maximum Gasteiger partial charge on any atom is 0.136 e. The third kappa shape index (κ3) is 4.02. The molecule has 0 saturated carbocycles. The maximum absolute atomic E-state index is 5.79. The number of nitrogens with two attached hydrogens (primary N) is 1. The lowest BCUT2D eigenvalue weighted by Crippen LogP contribution is -2.17. The van der Waals surface area contributed by atoms with E-state index in [1.165, 1.54) is 5.56 Å². The highest BCUT2D eigenvalue weighted by molar-refractivity contribution is 7.80. The Kier molecular flexibility index (Phi) is 5.28. The summed E-state index contributed by atoms with van der Waals surface area (Å²) >= 11 is 5.11. The zero-order valence-corrected chi connectivity index (χ0v) is 13.3. The average Bonchev–Trinajstić information content (AvgIpc) is 2.47. The van der Waals surface area contributed by atoms with Gasteiger partial charge in [-0.15, -0.1) is 0 Å². The third-order valence-electron chi connectivity index (χ3n) is 3.64. The van der Waals surface area contributed by atoms with Crippen molar-refractivity contribution in [1.82, 2.24) is 4.98 Å². The summed E-state index contributed by atoms with van der Waals surface area (Å²) in [5, 5.41) is 3.36. The summed E-state index contributed by atoms with van der Waals surface area (Å²) in [7, 11) is 0. The van der Waals surface area contributed by atoms with Crippen LogP contribution in [0.5, 0.6) is 0 Å². The molecule has 0 radical (unpaired) electrons. The number of anilines is 1. The van der Waals surface area contributed by atoms with Gasteiger partial charge in [0.05, 0.1) is 5.56 Å². The molecule has 3 N–H and O–H groups in total. The van der Waals surface area contributed by atoms with Gasteiger partial charge in [-0.3, -0.25) is 0 Å². The van der Waals surface area contributed by atoms with E-state index in [0.29, 0.717) is 10.9 Å². The van der Waals surface area contributed by atoms with Gasteiger partial charge in [0.2, 0.25) is 0 Å². The Balaban J connectivity index is 1.98. The molecule has 1 aromatic carbocycles. The normalized spacial score (nSPS) is 11.9. The molecule has 0 spiro atoms. The molecule has 110 valence electrons. The number of nitrogens with one attached hydrogen (secondary N) is 1. The predicted octanol–water partition coefficient (Wildman–Crippen LogP) is 3.63. The van der Waals surface area contributed by atoms with E-state index in [9.17, 15) is 0 Å². The molecule has 1 aromatic heterocycles.